The predicted molar refractivity (Wildman–Crippen MR) is 72.6 cm³/mol. The van der Waals surface area contributed by atoms with Crippen molar-refractivity contribution in [2.45, 2.75) is 32.7 Å². The van der Waals surface area contributed by atoms with Crippen LogP contribution in [0.25, 0.3) is 10.9 Å². The van der Waals surface area contributed by atoms with Gasteiger partial charge in [-0.05, 0) is 31.0 Å². The zero-order chi connectivity index (χ0) is 12.8. The fourth-order valence-electron chi connectivity index (χ4n) is 2.06. The van der Waals surface area contributed by atoms with E-state index in [1.54, 1.807) is 0 Å². The lowest BCUT2D eigenvalue weighted by molar-refractivity contribution is 0.321. The normalized spacial score (nSPS) is 10.4. The Labute approximate surface area is 108 Å². The SMILES string of the molecule is CCCOc1cccc2c1ccn2CCCC#N. The Kier molecular flexibility index (Phi) is 4.25. The van der Waals surface area contributed by atoms with Gasteiger partial charge < -0.3 is 9.30 Å². The summed E-state index contributed by atoms with van der Waals surface area (Å²) < 4.78 is 7.93. The van der Waals surface area contributed by atoms with E-state index in [-0.39, 0.29) is 0 Å². The van der Waals surface area contributed by atoms with Gasteiger partial charge in [-0.15, -0.1) is 0 Å². The summed E-state index contributed by atoms with van der Waals surface area (Å²) in [7, 11) is 0. The van der Waals surface area contributed by atoms with E-state index in [4.69, 9.17) is 10.00 Å². The molecule has 0 spiro atoms. The van der Waals surface area contributed by atoms with Gasteiger partial charge in [0.25, 0.3) is 0 Å². The van der Waals surface area contributed by atoms with E-state index in [1.165, 1.54) is 5.52 Å². The predicted octanol–water partition coefficient (Wildman–Crippen LogP) is 3.73. The fraction of sp³-hybridized carbons (Fsp3) is 0.400. The van der Waals surface area contributed by atoms with E-state index in [0.29, 0.717) is 6.42 Å². The average Bonchev–Trinajstić information content (AvgIpc) is 2.81. The van der Waals surface area contributed by atoms with Crippen molar-refractivity contribution < 1.29 is 4.74 Å². The molecular weight excluding hydrogens is 224 g/mol. The van der Waals surface area contributed by atoms with Gasteiger partial charge in [0, 0.05) is 24.5 Å². The molecule has 0 saturated carbocycles. The smallest absolute Gasteiger partial charge is 0.128 e. The summed E-state index contributed by atoms with van der Waals surface area (Å²) >= 11 is 0. The first-order valence-corrected chi connectivity index (χ1v) is 6.44. The summed E-state index contributed by atoms with van der Waals surface area (Å²) in [5, 5.41) is 9.73. The molecule has 1 aromatic carbocycles. The molecule has 0 aliphatic carbocycles. The van der Waals surface area contributed by atoms with Gasteiger partial charge in [0.1, 0.15) is 5.75 Å². The molecule has 3 heteroatoms. The second kappa shape index (κ2) is 6.11. The van der Waals surface area contributed by atoms with Crippen molar-refractivity contribution in [3.8, 4) is 11.8 Å². The van der Waals surface area contributed by atoms with Gasteiger partial charge in [-0.25, -0.2) is 0 Å². The molecule has 0 N–H and O–H groups in total. The first-order valence-electron chi connectivity index (χ1n) is 6.44. The van der Waals surface area contributed by atoms with Crippen molar-refractivity contribution in [2.75, 3.05) is 6.61 Å². The van der Waals surface area contributed by atoms with Gasteiger partial charge in [0.05, 0.1) is 18.2 Å². The molecule has 0 fully saturated rings. The molecule has 2 aromatic rings. The van der Waals surface area contributed by atoms with Crippen LogP contribution in [0.4, 0.5) is 0 Å². The lowest BCUT2D eigenvalue weighted by Crippen LogP contribution is -1.97. The highest BCUT2D eigenvalue weighted by Gasteiger charge is 2.05. The monoisotopic (exact) mass is 242 g/mol. The third-order valence-corrected chi connectivity index (χ3v) is 2.92. The lowest BCUT2D eigenvalue weighted by Gasteiger charge is -2.07. The third kappa shape index (κ3) is 2.65. The second-order valence-electron chi connectivity index (χ2n) is 4.31. The number of aryl methyl sites for hydroxylation is 1. The zero-order valence-electron chi connectivity index (χ0n) is 10.7. The molecule has 0 aliphatic rings. The summed E-state index contributed by atoms with van der Waals surface area (Å²) in [4.78, 5) is 0. The molecule has 0 atom stereocenters. The van der Waals surface area contributed by atoms with Crippen LogP contribution in [0.3, 0.4) is 0 Å². The maximum absolute atomic E-state index is 8.57. The number of benzene rings is 1. The van der Waals surface area contributed by atoms with Crippen molar-refractivity contribution in [1.82, 2.24) is 4.57 Å². The minimum absolute atomic E-state index is 0.603. The number of nitriles is 1. The number of ether oxygens (including phenoxy) is 1. The van der Waals surface area contributed by atoms with E-state index in [0.717, 1.165) is 37.1 Å². The van der Waals surface area contributed by atoms with E-state index in [9.17, 15) is 0 Å². The van der Waals surface area contributed by atoms with Gasteiger partial charge in [-0.1, -0.05) is 13.0 Å². The molecule has 1 aromatic heterocycles. The van der Waals surface area contributed by atoms with Crippen LogP contribution in [0, 0.1) is 11.3 Å². The number of unbranched alkanes of at least 4 members (excludes halogenated alkanes) is 1. The van der Waals surface area contributed by atoms with Gasteiger partial charge in [-0.3, -0.25) is 0 Å². The highest BCUT2D eigenvalue weighted by Crippen LogP contribution is 2.26. The maximum atomic E-state index is 8.57. The van der Waals surface area contributed by atoms with Crippen molar-refractivity contribution in [1.29, 1.82) is 5.26 Å². The first kappa shape index (κ1) is 12.5. The molecule has 3 nitrogen and oxygen atoms in total. The Balaban J connectivity index is 2.22. The Bertz CT molecular complexity index is 551. The van der Waals surface area contributed by atoms with Crippen LogP contribution in [0.5, 0.6) is 5.75 Å². The van der Waals surface area contributed by atoms with E-state index >= 15 is 0 Å². The number of hydrogen-bond donors (Lipinski definition) is 0. The van der Waals surface area contributed by atoms with Crippen molar-refractivity contribution >= 4 is 10.9 Å². The van der Waals surface area contributed by atoms with Crippen LogP contribution in [0.2, 0.25) is 0 Å². The maximum Gasteiger partial charge on any atom is 0.128 e. The number of fused-ring (bicyclic) bond motifs is 1. The molecule has 1 heterocycles. The zero-order valence-corrected chi connectivity index (χ0v) is 10.7. The van der Waals surface area contributed by atoms with E-state index in [2.05, 4.69) is 35.9 Å². The first-order chi connectivity index (χ1) is 8.86. The Morgan fingerprint density at radius 2 is 2.22 bits per heavy atom. The Morgan fingerprint density at radius 3 is 3.00 bits per heavy atom. The fourth-order valence-corrected chi connectivity index (χ4v) is 2.06. The van der Waals surface area contributed by atoms with Gasteiger partial charge in [0.15, 0.2) is 0 Å². The molecule has 0 bridgehead atoms. The van der Waals surface area contributed by atoms with Gasteiger partial charge in [0.2, 0.25) is 0 Å². The number of nitrogens with zero attached hydrogens (tertiary/aromatic N) is 2. The molecule has 0 aliphatic heterocycles. The minimum atomic E-state index is 0.603. The summed E-state index contributed by atoms with van der Waals surface area (Å²) in [5.41, 5.74) is 1.18. The quantitative estimate of drug-likeness (QED) is 0.724. The van der Waals surface area contributed by atoms with Crippen LogP contribution in [0.1, 0.15) is 26.2 Å². The minimum Gasteiger partial charge on any atom is -0.493 e. The standard InChI is InChI=1S/C15H18N2O/c1-2-12-18-15-7-5-6-14-13(15)8-11-17(14)10-4-3-9-16/h5-8,11H,2-4,10,12H2,1H3. The Hall–Kier alpha value is -1.95. The molecule has 94 valence electrons. The average molecular weight is 242 g/mol. The van der Waals surface area contributed by atoms with Gasteiger partial charge in [-0.2, -0.15) is 5.26 Å². The second-order valence-corrected chi connectivity index (χ2v) is 4.31. The molecule has 0 saturated heterocycles. The number of hydrogen-bond acceptors (Lipinski definition) is 2. The summed E-state index contributed by atoms with van der Waals surface area (Å²) in [5.74, 6) is 0.952. The largest absolute Gasteiger partial charge is 0.493 e. The van der Waals surface area contributed by atoms with Crippen LogP contribution in [0.15, 0.2) is 30.5 Å². The van der Waals surface area contributed by atoms with Crippen molar-refractivity contribution in [3.63, 3.8) is 0 Å². The molecule has 2 rings (SSSR count). The third-order valence-electron chi connectivity index (χ3n) is 2.92. The number of aromatic nitrogens is 1. The summed E-state index contributed by atoms with van der Waals surface area (Å²) in [6, 6.07) is 10.4. The van der Waals surface area contributed by atoms with Crippen molar-refractivity contribution in [2.24, 2.45) is 0 Å². The summed E-state index contributed by atoms with van der Waals surface area (Å²) in [6.07, 6.45) is 4.58. The topological polar surface area (TPSA) is 38.0 Å². The van der Waals surface area contributed by atoms with Crippen LogP contribution < -0.4 is 4.74 Å². The van der Waals surface area contributed by atoms with Crippen LogP contribution in [-0.2, 0) is 6.54 Å². The molecule has 0 unspecified atom stereocenters. The number of rotatable bonds is 6. The molecule has 18 heavy (non-hydrogen) atoms. The highest BCUT2D eigenvalue weighted by atomic mass is 16.5. The van der Waals surface area contributed by atoms with Gasteiger partial charge >= 0.3 is 0 Å². The molecular formula is C15H18N2O. The van der Waals surface area contributed by atoms with Crippen LogP contribution in [-0.4, -0.2) is 11.2 Å². The van der Waals surface area contributed by atoms with Crippen molar-refractivity contribution in [3.05, 3.63) is 30.5 Å². The lowest BCUT2D eigenvalue weighted by atomic mass is 10.2. The Morgan fingerprint density at radius 1 is 1.33 bits per heavy atom. The molecule has 0 amide bonds. The van der Waals surface area contributed by atoms with Crippen LogP contribution >= 0.6 is 0 Å². The highest BCUT2D eigenvalue weighted by molar-refractivity contribution is 5.86. The molecule has 0 radical (unpaired) electrons. The summed E-state index contributed by atoms with van der Waals surface area (Å²) in [6.45, 7) is 3.74. The van der Waals surface area contributed by atoms with E-state index < -0.39 is 0 Å². The van der Waals surface area contributed by atoms with E-state index in [1.807, 2.05) is 12.1 Å².